The van der Waals surface area contributed by atoms with Gasteiger partial charge in [-0.05, 0) is 33.0 Å². The lowest BCUT2D eigenvalue weighted by Crippen LogP contribution is -2.29. The zero-order valence-electron chi connectivity index (χ0n) is 9.33. The summed E-state index contributed by atoms with van der Waals surface area (Å²) in [4.78, 5) is 4.29. The molecular weight excluding hydrogens is 188 g/mol. The highest BCUT2D eigenvalue weighted by Gasteiger charge is 2.02. The van der Waals surface area contributed by atoms with Gasteiger partial charge < -0.3 is 10.6 Å². The molecule has 1 rings (SSSR count). The lowest BCUT2D eigenvalue weighted by atomic mass is 10.2. The lowest BCUT2D eigenvalue weighted by molar-refractivity contribution is 0.637. The third-order valence-electron chi connectivity index (χ3n) is 2.29. The highest BCUT2D eigenvalue weighted by molar-refractivity contribution is 5.42. The van der Waals surface area contributed by atoms with E-state index < -0.39 is 0 Å². The van der Waals surface area contributed by atoms with Crippen molar-refractivity contribution < 1.29 is 0 Å². The van der Waals surface area contributed by atoms with E-state index in [1.54, 1.807) is 6.07 Å². The molecule has 1 atom stereocenters. The zero-order valence-corrected chi connectivity index (χ0v) is 9.33. The Morgan fingerprint density at radius 3 is 2.80 bits per heavy atom. The molecule has 4 heteroatoms. The molecule has 0 radical (unpaired) electrons. The van der Waals surface area contributed by atoms with Crippen molar-refractivity contribution in [1.82, 2.24) is 10.3 Å². The largest absolute Gasteiger partial charge is 0.369 e. The highest BCUT2D eigenvalue weighted by atomic mass is 15.0. The van der Waals surface area contributed by atoms with E-state index in [-0.39, 0.29) is 0 Å². The summed E-state index contributed by atoms with van der Waals surface area (Å²) in [5.74, 6) is 0.814. The summed E-state index contributed by atoms with van der Waals surface area (Å²) in [7, 11) is 1.92. The number of nitrogens with zero attached hydrogens (tertiary/aromatic N) is 2. The van der Waals surface area contributed by atoms with Crippen LogP contribution in [0.15, 0.2) is 12.1 Å². The third kappa shape index (κ3) is 3.22. The monoisotopic (exact) mass is 204 g/mol. The Bertz CT molecular complexity index is 367. The van der Waals surface area contributed by atoms with Gasteiger partial charge in [-0.2, -0.15) is 5.26 Å². The third-order valence-corrected chi connectivity index (χ3v) is 2.29. The van der Waals surface area contributed by atoms with Gasteiger partial charge in [0, 0.05) is 12.6 Å². The van der Waals surface area contributed by atoms with Gasteiger partial charge >= 0.3 is 0 Å². The molecule has 4 nitrogen and oxygen atoms in total. The topological polar surface area (TPSA) is 60.7 Å². The second-order valence-corrected chi connectivity index (χ2v) is 3.51. The quantitative estimate of drug-likeness (QED) is 0.775. The van der Waals surface area contributed by atoms with E-state index in [0.29, 0.717) is 11.6 Å². The molecule has 80 valence electrons. The Hall–Kier alpha value is -1.60. The molecule has 0 aliphatic heterocycles. The van der Waals surface area contributed by atoms with E-state index in [2.05, 4.69) is 28.6 Å². The molecule has 2 N–H and O–H groups in total. The van der Waals surface area contributed by atoms with Crippen molar-refractivity contribution in [2.75, 3.05) is 18.9 Å². The fraction of sp³-hybridized carbons (Fsp3) is 0.455. The molecule has 0 aromatic carbocycles. The second kappa shape index (κ2) is 5.32. The Labute approximate surface area is 90.3 Å². The number of hydrogen-bond acceptors (Lipinski definition) is 4. The molecule has 0 amide bonds. The van der Waals surface area contributed by atoms with Gasteiger partial charge in [-0.3, -0.25) is 0 Å². The molecule has 0 saturated carbocycles. The Morgan fingerprint density at radius 1 is 1.53 bits per heavy atom. The number of nitrogens with one attached hydrogen (secondary N) is 2. The highest BCUT2D eigenvalue weighted by Crippen LogP contribution is 2.09. The lowest BCUT2D eigenvalue weighted by Gasteiger charge is -2.12. The Kier molecular flexibility index (Phi) is 4.07. The van der Waals surface area contributed by atoms with Crippen LogP contribution in [0.3, 0.4) is 0 Å². The van der Waals surface area contributed by atoms with Crippen LogP contribution in [0.1, 0.15) is 18.2 Å². The minimum atomic E-state index is 0.391. The van der Waals surface area contributed by atoms with Gasteiger partial charge in [0.05, 0.1) is 11.3 Å². The summed E-state index contributed by atoms with van der Waals surface area (Å²) < 4.78 is 0. The SMILES string of the molecule is CNC(C)CNc1ccc(C#N)c(C)n1. The smallest absolute Gasteiger partial charge is 0.126 e. The zero-order chi connectivity index (χ0) is 11.3. The molecule has 1 aromatic rings. The molecule has 0 fully saturated rings. The first-order valence-corrected chi connectivity index (χ1v) is 4.96. The van der Waals surface area contributed by atoms with E-state index >= 15 is 0 Å². The number of likely N-dealkylation sites (N-methyl/N-ethyl adjacent to an activating group) is 1. The van der Waals surface area contributed by atoms with Crippen molar-refractivity contribution >= 4 is 5.82 Å². The van der Waals surface area contributed by atoms with Crippen LogP contribution < -0.4 is 10.6 Å². The van der Waals surface area contributed by atoms with Gasteiger partial charge in [-0.1, -0.05) is 0 Å². The van der Waals surface area contributed by atoms with Gasteiger partial charge in [0.1, 0.15) is 11.9 Å². The van der Waals surface area contributed by atoms with Crippen molar-refractivity contribution in [2.45, 2.75) is 19.9 Å². The molecular formula is C11H16N4. The normalized spacial score (nSPS) is 11.9. The van der Waals surface area contributed by atoms with Crippen LogP contribution in [0.2, 0.25) is 0 Å². The van der Waals surface area contributed by atoms with Crippen LogP contribution in [0.4, 0.5) is 5.82 Å². The van der Waals surface area contributed by atoms with Gasteiger partial charge in [-0.25, -0.2) is 4.98 Å². The van der Waals surface area contributed by atoms with Crippen LogP contribution >= 0.6 is 0 Å². The fourth-order valence-electron chi connectivity index (χ4n) is 1.14. The minimum absolute atomic E-state index is 0.391. The molecule has 15 heavy (non-hydrogen) atoms. The number of hydrogen-bond donors (Lipinski definition) is 2. The average Bonchev–Trinajstić information content (AvgIpc) is 2.26. The van der Waals surface area contributed by atoms with Crippen LogP contribution in [-0.4, -0.2) is 24.6 Å². The van der Waals surface area contributed by atoms with E-state index in [9.17, 15) is 0 Å². The van der Waals surface area contributed by atoms with Gasteiger partial charge in [-0.15, -0.1) is 0 Å². The van der Waals surface area contributed by atoms with Crippen molar-refractivity contribution in [1.29, 1.82) is 5.26 Å². The molecule has 0 aliphatic rings. The van der Waals surface area contributed by atoms with Gasteiger partial charge in [0.2, 0.25) is 0 Å². The predicted molar refractivity (Wildman–Crippen MR) is 60.7 cm³/mol. The molecule has 1 unspecified atom stereocenters. The summed E-state index contributed by atoms with van der Waals surface area (Å²) in [6.07, 6.45) is 0. The summed E-state index contributed by atoms with van der Waals surface area (Å²) in [6.45, 7) is 4.74. The van der Waals surface area contributed by atoms with E-state index in [1.807, 2.05) is 20.0 Å². The first kappa shape index (κ1) is 11.5. The standard InChI is InChI=1S/C11H16N4/c1-8(13-3)7-14-11-5-4-10(6-12)9(2)15-11/h4-5,8,13H,7H2,1-3H3,(H,14,15). The summed E-state index contributed by atoms with van der Waals surface area (Å²) >= 11 is 0. The van der Waals surface area contributed by atoms with Crippen LogP contribution in [0, 0.1) is 18.3 Å². The first-order valence-electron chi connectivity index (χ1n) is 4.96. The Morgan fingerprint density at radius 2 is 2.27 bits per heavy atom. The molecule has 0 bridgehead atoms. The number of nitriles is 1. The fourth-order valence-corrected chi connectivity index (χ4v) is 1.14. The maximum absolute atomic E-state index is 8.75. The van der Waals surface area contributed by atoms with Gasteiger partial charge in [0.25, 0.3) is 0 Å². The van der Waals surface area contributed by atoms with E-state index in [1.165, 1.54) is 0 Å². The van der Waals surface area contributed by atoms with Crippen LogP contribution in [0.25, 0.3) is 0 Å². The molecule has 0 aliphatic carbocycles. The van der Waals surface area contributed by atoms with Crippen LogP contribution in [-0.2, 0) is 0 Å². The first-order chi connectivity index (χ1) is 7.17. The average molecular weight is 204 g/mol. The molecule has 0 spiro atoms. The number of pyridine rings is 1. The maximum Gasteiger partial charge on any atom is 0.126 e. The number of aryl methyl sites for hydroxylation is 1. The van der Waals surface area contributed by atoms with Crippen molar-refractivity contribution in [3.8, 4) is 6.07 Å². The van der Waals surface area contributed by atoms with E-state index in [4.69, 9.17) is 5.26 Å². The van der Waals surface area contributed by atoms with Crippen LogP contribution in [0.5, 0.6) is 0 Å². The van der Waals surface area contributed by atoms with Gasteiger partial charge in [0.15, 0.2) is 0 Å². The second-order valence-electron chi connectivity index (χ2n) is 3.51. The van der Waals surface area contributed by atoms with Crippen molar-refractivity contribution in [2.24, 2.45) is 0 Å². The number of anilines is 1. The summed E-state index contributed by atoms with van der Waals surface area (Å²) in [5, 5.41) is 15.1. The minimum Gasteiger partial charge on any atom is -0.369 e. The van der Waals surface area contributed by atoms with E-state index in [0.717, 1.165) is 18.1 Å². The van der Waals surface area contributed by atoms with Crippen molar-refractivity contribution in [3.63, 3.8) is 0 Å². The summed E-state index contributed by atoms with van der Waals surface area (Å²) in [5.41, 5.74) is 1.39. The molecule has 0 saturated heterocycles. The molecule has 1 aromatic heterocycles. The number of rotatable bonds is 4. The Balaban J connectivity index is 2.64. The maximum atomic E-state index is 8.75. The van der Waals surface area contributed by atoms with Crippen molar-refractivity contribution in [3.05, 3.63) is 23.4 Å². The predicted octanol–water partition coefficient (Wildman–Crippen LogP) is 1.28. The summed E-state index contributed by atoms with van der Waals surface area (Å²) in [6, 6.07) is 6.10. The number of aromatic nitrogens is 1. The molecule has 1 heterocycles.